The molecule has 0 atom stereocenters. The van der Waals surface area contributed by atoms with Gasteiger partial charge in [-0.1, -0.05) is 68.5 Å². The van der Waals surface area contributed by atoms with Crippen molar-refractivity contribution in [3.05, 3.63) is 124 Å². The predicted octanol–water partition coefficient (Wildman–Crippen LogP) is 8.01. The lowest BCUT2D eigenvalue weighted by molar-refractivity contribution is 0.163. The zero-order chi connectivity index (χ0) is 29.9. The van der Waals surface area contributed by atoms with Gasteiger partial charge in [-0.05, 0) is 70.1 Å². The molecule has 1 N–H and O–H groups in total. The minimum absolute atomic E-state index is 0.127. The quantitative estimate of drug-likeness (QED) is 0.224. The van der Waals surface area contributed by atoms with Crippen molar-refractivity contribution in [1.29, 1.82) is 0 Å². The third-order valence-corrected chi connectivity index (χ3v) is 9.15. The van der Waals surface area contributed by atoms with E-state index in [2.05, 4.69) is 80.6 Å². The van der Waals surface area contributed by atoms with Crippen LogP contribution in [0, 0.1) is 0 Å². The Morgan fingerprint density at radius 3 is 1.95 bits per heavy atom. The van der Waals surface area contributed by atoms with E-state index in [-0.39, 0.29) is 12.0 Å². The molecule has 1 aliphatic carbocycles. The average Bonchev–Trinajstić information content (AvgIpc) is 3.30. The summed E-state index contributed by atoms with van der Waals surface area (Å²) in [5.41, 5.74) is 7.42. The lowest BCUT2D eigenvalue weighted by Crippen LogP contribution is -2.35. The SMILES string of the molecule is COc1ccc(C2(c3ccc(OC)cc3)C=Cc3c4c(c5cc(CO)c(OC)cc5c3O2)-c2ccccc2C4(C)C)cc1. The second-order valence-corrected chi connectivity index (χ2v) is 11.7. The summed E-state index contributed by atoms with van der Waals surface area (Å²) in [5.74, 6) is 2.96. The van der Waals surface area contributed by atoms with E-state index in [0.29, 0.717) is 5.75 Å². The molecule has 5 nitrogen and oxygen atoms in total. The van der Waals surface area contributed by atoms with E-state index in [4.69, 9.17) is 18.9 Å². The Morgan fingerprint density at radius 1 is 0.744 bits per heavy atom. The average molecular weight is 571 g/mol. The van der Waals surface area contributed by atoms with Crippen molar-refractivity contribution in [1.82, 2.24) is 0 Å². The summed E-state index contributed by atoms with van der Waals surface area (Å²) >= 11 is 0. The molecule has 216 valence electrons. The molecule has 0 spiro atoms. The van der Waals surface area contributed by atoms with Crippen LogP contribution in [0.15, 0.2) is 91.0 Å². The first-order valence-corrected chi connectivity index (χ1v) is 14.5. The highest BCUT2D eigenvalue weighted by atomic mass is 16.5. The molecule has 5 heteroatoms. The molecule has 5 aromatic carbocycles. The summed E-state index contributed by atoms with van der Waals surface area (Å²) in [7, 11) is 4.97. The summed E-state index contributed by atoms with van der Waals surface area (Å²) < 4.78 is 24.1. The van der Waals surface area contributed by atoms with Crippen LogP contribution in [-0.2, 0) is 17.6 Å². The molecule has 0 bridgehead atoms. The number of ether oxygens (including phenoxy) is 4. The number of hydrogen-bond donors (Lipinski definition) is 1. The van der Waals surface area contributed by atoms with E-state index in [1.807, 2.05) is 30.3 Å². The Kier molecular flexibility index (Phi) is 6.26. The van der Waals surface area contributed by atoms with E-state index in [1.54, 1.807) is 21.3 Å². The second kappa shape index (κ2) is 9.92. The van der Waals surface area contributed by atoms with Crippen molar-refractivity contribution in [3.63, 3.8) is 0 Å². The number of rotatable bonds is 6. The third kappa shape index (κ3) is 3.88. The smallest absolute Gasteiger partial charge is 0.178 e. The first-order chi connectivity index (χ1) is 20.9. The molecule has 0 saturated heterocycles. The summed E-state index contributed by atoms with van der Waals surface area (Å²) in [4.78, 5) is 0. The molecule has 0 radical (unpaired) electrons. The van der Waals surface area contributed by atoms with Crippen molar-refractivity contribution in [2.45, 2.75) is 31.5 Å². The minimum atomic E-state index is -0.925. The highest BCUT2D eigenvalue weighted by molar-refractivity contribution is 6.09. The molecule has 0 fully saturated rings. The topological polar surface area (TPSA) is 57.2 Å². The summed E-state index contributed by atoms with van der Waals surface area (Å²) in [6.45, 7) is 4.43. The van der Waals surface area contributed by atoms with Gasteiger partial charge in [0.1, 0.15) is 23.0 Å². The van der Waals surface area contributed by atoms with Gasteiger partial charge in [0.25, 0.3) is 0 Å². The van der Waals surface area contributed by atoms with Crippen LogP contribution in [-0.4, -0.2) is 26.4 Å². The van der Waals surface area contributed by atoms with Crippen LogP contribution in [0.2, 0.25) is 0 Å². The maximum atomic E-state index is 10.3. The highest BCUT2D eigenvalue weighted by Crippen LogP contribution is 2.58. The third-order valence-electron chi connectivity index (χ3n) is 9.15. The molecule has 0 unspecified atom stereocenters. The Labute approximate surface area is 251 Å². The molecule has 0 saturated carbocycles. The predicted molar refractivity (Wildman–Crippen MR) is 170 cm³/mol. The van der Waals surface area contributed by atoms with Crippen LogP contribution in [0.3, 0.4) is 0 Å². The number of aliphatic hydroxyl groups excluding tert-OH is 1. The van der Waals surface area contributed by atoms with Gasteiger partial charge < -0.3 is 24.1 Å². The fourth-order valence-corrected chi connectivity index (χ4v) is 6.99. The van der Waals surface area contributed by atoms with Crippen LogP contribution in [0.5, 0.6) is 23.0 Å². The molecule has 7 rings (SSSR count). The van der Waals surface area contributed by atoms with Gasteiger partial charge in [0.2, 0.25) is 0 Å². The standard InChI is InChI=1S/C38H34O5/c1-37(2)32-9-7-6-8-28(32)34-30-20-23(22-39)33(42-5)21-31(30)36-29(35(34)37)18-19-38(43-36,24-10-14-26(40-3)15-11-24)25-12-16-27(41-4)17-13-25/h6-21,39H,22H2,1-5H3. The minimum Gasteiger partial charge on any atom is -0.497 e. The molecule has 0 amide bonds. The van der Waals surface area contributed by atoms with Gasteiger partial charge in [0.05, 0.1) is 27.9 Å². The van der Waals surface area contributed by atoms with Gasteiger partial charge in [0, 0.05) is 33.1 Å². The van der Waals surface area contributed by atoms with Crippen LogP contribution in [0.1, 0.15) is 47.2 Å². The maximum Gasteiger partial charge on any atom is 0.178 e. The summed E-state index contributed by atoms with van der Waals surface area (Å²) in [6.07, 6.45) is 4.40. The fourth-order valence-electron chi connectivity index (χ4n) is 6.99. The van der Waals surface area contributed by atoms with Crippen LogP contribution < -0.4 is 18.9 Å². The number of hydrogen-bond acceptors (Lipinski definition) is 5. The molecule has 1 heterocycles. The lowest BCUT2D eigenvalue weighted by Gasteiger charge is -2.38. The number of aliphatic hydroxyl groups is 1. The zero-order valence-corrected chi connectivity index (χ0v) is 25.0. The maximum absolute atomic E-state index is 10.3. The number of fused-ring (bicyclic) bond motifs is 8. The van der Waals surface area contributed by atoms with E-state index in [1.165, 1.54) is 22.3 Å². The van der Waals surface area contributed by atoms with Crippen molar-refractivity contribution < 1.29 is 24.1 Å². The Morgan fingerprint density at radius 2 is 1.37 bits per heavy atom. The molecule has 5 aromatic rings. The zero-order valence-electron chi connectivity index (χ0n) is 25.0. The van der Waals surface area contributed by atoms with E-state index in [0.717, 1.165) is 50.3 Å². The Hall–Kier alpha value is -4.74. The van der Waals surface area contributed by atoms with Gasteiger partial charge in [0.15, 0.2) is 5.60 Å². The van der Waals surface area contributed by atoms with Crippen molar-refractivity contribution in [2.75, 3.05) is 21.3 Å². The molecular weight excluding hydrogens is 536 g/mol. The van der Waals surface area contributed by atoms with Gasteiger partial charge >= 0.3 is 0 Å². The summed E-state index contributed by atoms with van der Waals surface area (Å²) in [5, 5.41) is 12.3. The van der Waals surface area contributed by atoms with E-state index >= 15 is 0 Å². The molecule has 1 aliphatic heterocycles. The second-order valence-electron chi connectivity index (χ2n) is 11.7. The van der Waals surface area contributed by atoms with Crippen molar-refractivity contribution in [3.8, 4) is 34.1 Å². The highest BCUT2D eigenvalue weighted by Gasteiger charge is 2.44. The van der Waals surface area contributed by atoms with Gasteiger partial charge in [-0.2, -0.15) is 0 Å². The van der Waals surface area contributed by atoms with Gasteiger partial charge in [-0.3, -0.25) is 0 Å². The Bertz CT molecular complexity index is 1850. The van der Waals surface area contributed by atoms with Crippen LogP contribution >= 0.6 is 0 Å². The van der Waals surface area contributed by atoms with Gasteiger partial charge in [-0.15, -0.1) is 0 Å². The van der Waals surface area contributed by atoms with Crippen LogP contribution in [0.4, 0.5) is 0 Å². The van der Waals surface area contributed by atoms with E-state index in [9.17, 15) is 5.11 Å². The monoisotopic (exact) mass is 570 g/mol. The van der Waals surface area contributed by atoms with E-state index < -0.39 is 5.60 Å². The first kappa shape index (κ1) is 27.1. The largest absolute Gasteiger partial charge is 0.497 e. The fraction of sp³-hybridized carbons (Fsp3) is 0.211. The normalized spacial score (nSPS) is 15.3. The first-order valence-electron chi connectivity index (χ1n) is 14.5. The molecule has 43 heavy (non-hydrogen) atoms. The number of benzene rings is 5. The van der Waals surface area contributed by atoms with Crippen molar-refractivity contribution >= 4 is 16.8 Å². The Balaban J connectivity index is 1.57. The molecule has 0 aromatic heterocycles. The molecular formula is C38H34O5. The lowest BCUT2D eigenvalue weighted by atomic mass is 9.76. The summed E-state index contributed by atoms with van der Waals surface area (Å²) in [6, 6.07) is 28.8. The van der Waals surface area contributed by atoms with Crippen LogP contribution in [0.25, 0.3) is 28.0 Å². The number of methoxy groups -OCH3 is 3. The molecule has 2 aliphatic rings. The van der Waals surface area contributed by atoms with Gasteiger partial charge in [-0.25, -0.2) is 0 Å². The van der Waals surface area contributed by atoms with Crippen molar-refractivity contribution in [2.24, 2.45) is 0 Å².